The summed E-state index contributed by atoms with van der Waals surface area (Å²) in [5.74, 6) is 0.333. The number of methoxy groups -OCH3 is 1. The molecule has 1 saturated heterocycles. The zero-order valence-corrected chi connectivity index (χ0v) is 17.3. The summed E-state index contributed by atoms with van der Waals surface area (Å²) < 4.78 is 5.36. The second-order valence-corrected chi connectivity index (χ2v) is 7.63. The molecule has 4 rings (SSSR count). The molecule has 156 valence electrons. The number of nitriles is 1. The van der Waals surface area contributed by atoms with E-state index in [0.717, 1.165) is 28.0 Å². The molecule has 0 aromatic heterocycles. The van der Waals surface area contributed by atoms with Gasteiger partial charge in [-0.1, -0.05) is 66.7 Å². The van der Waals surface area contributed by atoms with E-state index in [4.69, 9.17) is 4.74 Å². The van der Waals surface area contributed by atoms with Gasteiger partial charge in [0.1, 0.15) is 11.8 Å². The molecule has 0 bridgehead atoms. The van der Waals surface area contributed by atoms with Gasteiger partial charge in [0.05, 0.1) is 32.2 Å². The van der Waals surface area contributed by atoms with E-state index in [1.165, 1.54) is 0 Å². The summed E-state index contributed by atoms with van der Waals surface area (Å²) in [5.41, 5.74) is 3.78. The molecule has 0 spiro atoms. The molecule has 1 heterocycles. The Morgan fingerprint density at radius 2 is 1.81 bits per heavy atom. The molecule has 0 aliphatic carbocycles. The summed E-state index contributed by atoms with van der Waals surface area (Å²) in [6.07, 6.45) is 0.208. The molecule has 5 nitrogen and oxygen atoms in total. The summed E-state index contributed by atoms with van der Waals surface area (Å²) in [5, 5.41) is 20.1. The van der Waals surface area contributed by atoms with Crippen molar-refractivity contribution in [3.63, 3.8) is 0 Å². The molecule has 3 atom stereocenters. The number of rotatable bonds is 6. The van der Waals surface area contributed by atoms with E-state index in [2.05, 4.69) is 6.07 Å². The van der Waals surface area contributed by atoms with Gasteiger partial charge in [-0.15, -0.1) is 0 Å². The minimum atomic E-state index is -0.625. The van der Waals surface area contributed by atoms with Crippen LogP contribution in [0.1, 0.15) is 17.0 Å². The lowest BCUT2D eigenvalue weighted by Crippen LogP contribution is -2.65. The first-order chi connectivity index (χ1) is 15.2. The Labute approximate surface area is 182 Å². The van der Waals surface area contributed by atoms with Crippen molar-refractivity contribution in [3.8, 4) is 22.9 Å². The summed E-state index contributed by atoms with van der Waals surface area (Å²) in [4.78, 5) is 14.5. The number of nitrogens with zero attached hydrogens (tertiary/aromatic N) is 2. The average Bonchev–Trinajstić information content (AvgIpc) is 2.80. The van der Waals surface area contributed by atoms with Crippen LogP contribution in [0.15, 0.2) is 78.9 Å². The van der Waals surface area contributed by atoms with Gasteiger partial charge < -0.3 is 14.7 Å². The predicted molar refractivity (Wildman–Crippen MR) is 118 cm³/mol. The molecule has 1 aliphatic heterocycles. The van der Waals surface area contributed by atoms with E-state index in [1.807, 2.05) is 78.9 Å². The third kappa shape index (κ3) is 3.90. The fourth-order valence-corrected chi connectivity index (χ4v) is 4.43. The minimum Gasteiger partial charge on any atom is -0.497 e. The van der Waals surface area contributed by atoms with Crippen molar-refractivity contribution in [2.75, 3.05) is 13.7 Å². The molecule has 0 unspecified atom stereocenters. The predicted octanol–water partition coefficient (Wildman–Crippen LogP) is 3.78. The Kier molecular flexibility index (Phi) is 6.01. The maximum absolute atomic E-state index is 13.0. The van der Waals surface area contributed by atoms with Crippen LogP contribution in [0, 0.1) is 11.3 Å². The summed E-state index contributed by atoms with van der Waals surface area (Å²) in [6, 6.07) is 26.3. The van der Waals surface area contributed by atoms with Crippen molar-refractivity contribution in [1.82, 2.24) is 4.90 Å². The highest BCUT2D eigenvalue weighted by Crippen LogP contribution is 2.44. The zero-order chi connectivity index (χ0) is 21.8. The summed E-state index contributed by atoms with van der Waals surface area (Å²) >= 11 is 0. The highest BCUT2D eigenvalue weighted by molar-refractivity contribution is 5.82. The molecule has 0 saturated carbocycles. The first kappa shape index (κ1) is 20.6. The van der Waals surface area contributed by atoms with Crippen LogP contribution in [0.25, 0.3) is 11.1 Å². The van der Waals surface area contributed by atoms with Crippen LogP contribution < -0.4 is 4.74 Å². The van der Waals surface area contributed by atoms with Crippen molar-refractivity contribution in [3.05, 3.63) is 90.0 Å². The maximum atomic E-state index is 13.0. The number of hydrogen-bond acceptors (Lipinski definition) is 4. The standard InChI is InChI=1S/C26H24N2O3/c1-31-20-11-7-10-19(15-20)21-12-5-6-13-22(21)26-23(16-27)28(24(26)17-29)25(30)14-18-8-3-2-4-9-18/h2-13,15,23-24,26,29H,14,17H2,1H3/t23-,24+,26+/m0/s1. The molecule has 0 radical (unpaired) electrons. The Bertz CT molecular complexity index is 1110. The number of carbonyl (C=O) groups excluding carboxylic acids is 1. The number of carbonyl (C=O) groups is 1. The van der Waals surface area contributed by atoms with Crippen LogP contribution in [0.4, 0.5) is 0 Å². The van der Waals surface area contributed by atoms with Gasteiger partial charge in [0.25, 0.3) is 0 Å². The lowest BCUT2D eigenvalue weighted by Gasteiger charge is -2.52. The van der Waals surface area contributed by atoms with Crippen molar-refractivity contribution in [2.24, 2.45) is 0 Å². The number of amides is 1. The van der Waals surface area contributed by atoms with E-state index in [0.29, 0.717) is 0 Å². The van der Waals surface area contributed by atoms with Crippen LogP contribution >= 0.6 is 0 Å². The van der Waals surface area contributed by atoms with Gasteiger partial charge in [0.2, 0.25) is 5.91 Å². The molecule has 3 aromatic rings. The normalized spacial score (nSPS) is 19.9. The van der Waals surface area contributed by atoms with Crippen molar-refractivity contribution in [2.45, 2.75) is 24.4 Å². The first-order valence-electron chi connectivity index (χ1n) is 10.3. The zero-order valence-electron chi connectivity index (χ0n) is 17.3. The third-order valence-electron chi connectivity index (χ3n) is 5.92. The second kappa shape index (κ2) is 9.03. The Morgan fingerprint density at radius 1 is 1.06 bits per heavy atom. The van der Waals surface area contributed by atoms with E-state index in [-0.39, 0.29) is 24.9 Å². The highest BCUT2D eigenvalue weighted by atomic mass is 16.5. The number of aliphatic hydroxyl groups is 1. The van der Waals surface area contributed by atoms with E-state index < -0.39 is 12.1 Å². The number of hydrogen-bond donors (Lipinski definition) is 1. The lowest BCUT2D eigenvalue weighted by atomic mass is 9.73. The SMILES string of the molecule is COc1cccc(-c2ccccc2[C@H]2[C@@H](CO)N(C(=O)Cc3ccccc3)[C@H]2C#N)c1. The average molecular weight is 412 g/mol. The fraction of sp³-hybridized carbons (Fsp3) is 0.231. The van der Waals surface area contributed by atoms with Crippen molar-refractivity contribution >= 4 is 5.91 Å². The minimum absolute atomic E-state index is 0.146. The Morgan fingerprint density at radius 3 is 2.52 bits per heavy atom. The molecular weight excluding hydrogens is 388 g/mol. The number of benzene rings is 3. The van der Waals surface area contributed by atoms with E-state index >= 15 is 0 Å². The molecule has 3 aromatic carbocycles. The third-order valence-corrected chi connectivity index (χ3v) is 5.92. The Hall–Kier alpha value is -3.62. The van der Waals surface area contributed by atoms with Crippen molar-refractivity contribution in [1.29, 1.82) is 5.26 Å². The maximum Gasteiger partial charge on any atom is 0.228 e. The smallest absolute Gasteiger partial charge is 0.228 e. The lowest BCUT2D eigenvalue weighted by molar-refractivity contribution is -0.146. The van der Waals surface area contributed by atoms with Gasteiger partial charge in [-0.2, -0.15) is 5.26 Å². The first-order valence-corrected chi connectivity index (χ1v) is 10.3. The van der Waals surface area contributed by atoms with Gasteiger partial charge in [-0.25, -0.2) is 0 Å². The largest absolute Gasteiger partial charge is 0.497 e. The molecule has 31 heavy (non-hydrogen) atoms. The van der Waals surface area contributed by atoms with Crippen LogP contribution in [0.3, 0.4) is 0 Å². The number of aliphatic hydroxyl groups excluding tert-OH is 1. The topological polar surface area (TPSA) is 73.6 Å². The van der Waals surface area contributed by atoms with E-state index in [1.54, 1.807) is 12.0 Å². The summed E-state index contributed by atoms with van der Waals surface area (Å²) in [6.45, 7) is -0.199. The number of ether oxygens (including phenoxy) is 1. The molecular formula is C26H24N2O3. The van der Waals surface area contributed by atoms with Crippen molar-refractivity contribution < 1.29 is 14.6 Å². The molecule has 1 amide bonds. The molecule has 1 N–H and O–H groups in total. The molecule has 1 aliphatic rings. The van der Waals surface area contributed by atoms with Gasteiger partial charge in [0, 0.05) is 5.92 Å². The summed E-state index contributed by atoms with van der Waals surface area (Å²) in [7, 11) is 1.63. The second-order valence-electron chi connectivity index (χ2n) is 7.63. The van der Waals surface area contributed by atoms with Gasteiger partial charge in [-0.05, 0) is 34.4 Å². The van der Waals surface area contributed by atoms with Crippen LogP contribution in [-0.2, 0) is 11.2 Å². The Balaban J connectivity index is 1.66. The van der Waals surface area contributed by atoms with Gasteiger partial charge >= 0.3 is 0 Å². The van der Waals surface area contributed by atoms with Crippen LogP contribution in [0.5, 0.6) is 5.75 Å². The van der Waals surface area contributed by atoms with Crippen LogP contribution in [-0.4, -0.2) is 41.7 Å². The highest BCUT2D eigenvalue weighted by Gasteiger charge is 2.52. The number of likely N-dealkylation sites (tertiary alicyclic amines) is 1. The monoisotopic (exact) mass is 412 g/mol. The fourth-order valence-electron chi connectivity index (χ4n) is 4.43. The van der Waals surface area contributed by atoms with Crippen LogP contribution in [0.2, 0.25) is 0 Å². The quantitative estimate of drug-likeness (QED) is 0.669. The molecule has 1 fully saturated rings. The van der Waals surface area contributed by atoms with E-state index in [9.17, 15) is 15.2 Å². The van der Waals surface area contributed by atoms with Gasteiger partial charge in [-0.3, -0.25) is 4.79 Å². The molecule has 5 heteroatoms. The van der Waals surface area contributed by atoms with Gasteiger partial charge in [0.15, 0.2) is 0 Å².